The first-order chi connectivity index (χ1) is 13.2. The quantitative estimate of drug-likeness (QED) is 0.505. The number of pyridine rings is 1. The number of aromatic amines is 2. The van der Waals surface area contributed by atoms with Crippen LogP contribution in [0.2, 0.25) is 0 Å². The predicted octanol–water partition coefficient (Wildman–Crippen LogP) is 1.26. The fraction of sp³-hybridized carbons (Fsp3) is 0.222. The average Bonchev–Trinajstić information content (AvgIpc) is 3.33. The van der Waals surface area contributed by atoms with Crippen molar-refractivity contribution in [3.05, 3.63) is 42.2 Å². The molecule has 0 saturated carbocycles. The second-order valence-corrected chi connectivity index (χ2v) is 6.54. The van der Waals surface area contributed by atoms with Crippen molar-refractivity contribution < 1.29 is 4.79 Å². The highest BCUT2D eigenvalue weighted by Crippen LogP contribution is 2.23. The van der Waals surface area contributed by atoms with Crippen LogP contribution in [0.5, 0.6) is 0 Å². The molecule has 27 heavy (non-hydrogen) atoms. The molecular weight excluding hydrogens is 344 g/mol. The Morgan fingerprint density at radius 3 is 2.63 bits per heavy atom. The van der Waals surface area contributed by atoms with Gasteiger partial charge in [-0.25, -0.2) is 15.0 Å². The van der Waals surface area contributed by atoms with Gasteiger partial charge in [0, 0.05) is 26.2 Å². The molecule has 4 heterocycles. The maximum atomic E-state index is 11.6. The van der Waals surface area contributed by atoms with E-state index < -0.39 is 5.91 Å². The summed E-state index contributed by atoms with van der Waals surface area (Å²) in [6.45, 7) is 3.24. The number of anilines is 2. The van der Waals surface area contributed by atoms with Gasteiger partial charge in [-0.2, -0.15) is 0 Å². The minimum Gasteiger partial charge on any atom is -0.366 e. The number of fused-ring (bicyclic) bond motifs is 2. The topological polar surface area (TPSA) is 120 Å². The second kappa shape index (κ2) is 5.97. The van der Waals surface area contributed by atoms with Crippen molar-refractivity contribution in [3.8, 4) is 0 Å². The maximum absolute atomic E-state index is 11.6. The highest BCUT2D eigenvalue weighted by atomic mass is 16.1. The highest BCUT2D eigenvalue weighted by molar-refractivity contribution is 6.04. The molecule has 4 N–H and O–H groups in total. The Balaban J connectivity index is 1.36. The Kier molecular flexibility index (Phi) is 3.46. The van der Waals surface area contributed by atoms with Gasteiger partial charge in [0.1, 0.15) is 11.3 Å². The Labute approximate surface area is 154 Å². The van der Waals surface area contributed by atoms with Gasteiger partial charge in [0.2, 0.25) is 5.95 Å². The van der Waals surface area contributed by atoms with E-state index in [0.29, 0.717) is 11.1 Å². The monoisotopic (exact) mass is 362 g/mol. The van der Waals surface area contributed by atoms with Crippen molar-refractivity contribution in [2.75, 3.05) is 36.0 Å². The number of hydrogen-bond acceptors (Lipinski definition) is 6. The summed E-state index contributed by atoms with van der Waals surface area (Å²) < 4.78 is 0. The van der Waals surface area contributed by atoms with E-state index in [1.165, 1.54) is 0 Å². The molecule has 1 saturated heterocycles. The van der Waals surface area contributed by atoms with Crippen LogP contribution in [-0.2, 0) is 0 Å². The summed E-state index contributed by atoms with van der Waals surface area (Å²) in [5.41, 5.74) is 8.99. The number of benzene rings is 1. The van der Waals surface area contributed by atoms with E-state index in [2.05, 4.69) is 34.7 Å². The minimum absolute atomic E-state index is 0.435. The number of amides is 1. The largest absolute Gasteiger partial charge is 0.366 e. The molecule has 136 valence electrons. The predicted molar refractivity (Wildman–Crippen MR) is 103 cm³/mol. The number of imidazole rings is 2. The molecule has 0 atom stereocenters. The number of para-hydroxylation sites is 1. The zero-order chi connectivity index (χ0) is 18.4. The molecule has 0 unspecified atom stereocenters. The molecule has 1 fully saturated rings. The van der Waals surface area contributed by atoms with Crippen molar-refractivity contribution in [2.45, 2.75) is 0 Å². The standard InChI is InChI=1S/C18H18N8O/c19-16(27)11-2-1-3-12-15(11)24-18(22-12)26-8-6-25(7-9-26)14-5-4-13-17(23-14)21-10-20-13/h1-5,10H,6-9H2,(H2,19,27)(H,22,24)(H,20,21,23). The van der Waals surface area contributed by atoms with Crippen molar-refractivity contribution in [1.29, 1.82) is 0 Å². The fourth-order valence-electron chi connectivity index (χ4n) is 3.50. The van der Waals surface area contributed by atoms with Gasteiger partial charge in [0.25, 0.3) is 5.91 Å². The lowest BCUT2D eigenvalue weighted by Crippen LogP contribution is -2.47. The first-order valence-corrected chi connectivity index (χ1v) is 8.77. The van der Waals surface area contributed by atoms with Crippen molar-refractivity contribution >= 4 is 39.9 Å². The molecule has 5 rings (SSSR count). The first kappa shape index (κ1) is 15.6. The Bertz CT molecular complexity index is 1140. The van der Waals surface area contributed by atoms with Crippen LogP contribution < -0.4 is 15.5 Å². The molecule has 3 aromatic heterocycles. The van der Waals surface area contributed by atoms with E-state index in [-0.39, 0.29) is 0 Å². The Morgan fingerprint density at radius 2 is 1.81 bits per heavy atom. The van der Waals surface area contributed by atoms with Crippen LogP contribution in [0.15, 0.2) is 36.7 Å². The van der Waals surface area contributed by atoms with Crippen LogP contribution in [0.4, 0.5) is 11.8 Å². The Morgan fingerprint density at radius 1 is 1.00 bits per heavy atom. The second-order valence-electron chi connectivity index (χ2n) is 6.54. The SMILES string of the molecule is NC(=O)c1cccc2[nH]c(N3CCN(c4ccc5[nH]cnc5n4)CC3)nc12. The van der Waals surface area contributed by atoms with Gasteiger partial charge in [-0.05, 0) is 24.3 Å². The van der Waals surface area contributed by atoms with Gasteiger partial charge in [0.15, 0.2) is 5.65 Å². The van der Waals surface area contributed by atoms with Crippen molar-refractivity contribution in [2.24, 2.45) is 5.73 Å². The number of nitrogens with one attached hydrogen (secondary N) is 2. The lowest BCUT2D eigenvalue weighted by atomic mass is 10.2. The van der Waals surface area contributed by atoms with Crippen LogP contribution in [0.1, 0.15) is 10.4 Å². The van der Waals surface area contributed by atoms with Crippen molar-refractivity contribution in [1.82, 2.24) is 24.9 Å². The number of H-pyrrole nitrogens is 2. The van der Waals surface area contributed by atoms with Gasteiger partial charge >= 0.3 is 0 Å². The number of nitrogens with two attached hydrogens (primary N) is 1. The molecule has 9 heteroatoms. The summed E-state index contributed by atoms with van der Waals surface area (Å²) in [5, 5.41) is 0. The molecule has 9 nitrogen and oxygen atoms in total. The number of aromatic nitrogens is 5. The number of hydrogen-bond donors (Lipinski definition) is 3. The molecule has 1 aliphatic rings. The van der Waals surface area contributed by atoms with Gasteiger partial charge in [0.05, 0.1) is 22.9 Å². The maximum Gasteiger partial charge on any atom is 0.250 e. The van der Waals surface area contributed by atoms with E-state index in [1.54, 1.807) is 18.5 Å². The number of primary amides is 1. The van der Waals surface area contributed by atoms with E-state index in [0.717, 1.165) is 54.6 Å². The summed E-state index contributed by atoms with van der Waals surface area (Å²) >= 11 is 0. The summed E-state index contributed by atoms with van der Waals surface area (Å²) in [5.74, 6) is 1.22. The molecular formula is C18H18N8O. The molecule has 0 bridgehead atoms. The number of rotatable bonds is 3. The van der Waals surface area contributed by atoms with Crippen LogP contribution in [0, 0.1) is 0 Å². The van der Waals surface area contributed by atoms with Crippen LogP contribution in [0.3, 0.4) is 0 Å². The van der Waals surface area contributed by atoms with E-state index in [1.807, 2.05) is 18.2 Å². The number of nitrogens with zero attached hydrogens (tertiary/aromatic N) is 5. The summed E-state index contributed by atoms with van der Waals surface area (Å²) in [6.07, 6.45) is 1.65. The van der Waals surface area contributed by atoms with Crippen LogP contribution >= 0.6 is 0 Å². The Hall–Kier alpha value is -3.62. The number of carbonyl (C=O) groups excluding carboxylic acids is 1. The highest BCUT2D eigenvalue weighted by Gasteiger charge is 2.22. The van der Waals surface area contributed by atoms with Crippen molar-refractivity contribution in [3.63, 3.8) is 0 Å². The third-order valence-electron chi connectivity index (χ3n) is 4.94. The minimum atomic E-state index is -0.469. The van der Waals surface area contributed by atoms with Gasteiger partial charge in [-0.15, -0.1) is 0 Å². The van der Waals surface area contributed by atoms with Crippen LogP contribution in [0.25, 0.3) is 22.2 Å². The summed E-state index contributed by atoms with van der Waals surface area (Å²) in [6, 6.07) is 9.42. The molecule has 1 aliphatic heterocycles. The average molecular weight is 362 g/mol. The molecule has 0 aliphatic carbocycles. The molecule has 1 aromatic carbocycles. The van der Waals surface area contributed by atoms with Gasteiger partial charge in [-0.1, -0.05) is 6.07 Å². The normalized spacial score (nSPS) is 15.0. The third kappa shape index (κ3) is 2.64. The zero-order valence-electron chi connectivity index (χ0n) is 14.5. The smallest absolute Gasteiger partial charge is 0.250 e. The molecule has 1 amide bonds. The first-order valence-electron chi connectivity index (χ1n) is 8.77. The van der Waals surface area contributed by atoms with E-state index in [4.69, 9.17) is 5.73 Å². The van der Waals surface area contributed by atoms with Gasteiger partial charge < -0.3 is 25.5 Å². The summed E-state index contributed by atoms with van der Waals surface area (Å²) in [4.78, 5) is 35.8. The molecule has 0 spiro atoms. The van der Waals surface area contributed by atoms with Crippen LogP contribution in [-0.4, -0.2) is 57.0 Å². The summed E-state index contributed by atoms with van der Waals surface area (Å²) in [7, 11) is 0. The lowest BCUT2D eigenvalue weighted by Gasteiger charge is -2.35. The zero-order valence-corrected chi connectivity index (χ0v) is 14.5. The van der Waals surface area contributed by atoms with E-state index >= 15 is 0 Å². The third-order valence-corrected chi connectivity index (χ3v) is 4.94. The number of carbonyl (C=O) groups is 1. The number of piperazine rings is 1. The van der Waals surface area contributed by atoms with Gasteiger partial charge in [-0.3, -0.25) is 4.79 Å². The molecule has 0 radical (unpaired) electrons. The molecule has 4 aromatic rings. The lowest BCUT2D eigenvalue weighted by molar-refractivity contribution is 0.100. The fourth-order valence-corrected chi connectivity index (χ4v) is 3.50. The van der Waals surface area contributed by atoms with E-state index in [9.17, 15) is 4.79 Å².